The van der Waals surface area contributed by atoms with Crippen LogP contribution in [0.1, 0.15) is 70.4 Å². The Kier molecular flexibility index (Phi) is 7.24. The Hall–Kier alpha value is -1.84. The van der Waals surface area contributed by atoms with E-state index in [2.05, 4.69) is 45.0 Å². The molecule has 2 aliphatic heterocycles. The monoisotopic (exact) mass is 358 g/mol. The fourth-order valence-corrected chi connectivity index (χ4v) is 3.88. The van der Waals surface area contributed by atoms with Gasteiger partial charge in [-0.05, 0) is 48.1 Å². The fourth-order valence-electron chi connectivity index (χ4n) is 3.88. The first-order valence-electron chi connectivity index (χ1n) is 9.87. The molecule has 0 aromatic heterocycles. The summed E-state index contributed by atoms with van der Waals surface area (Å²) in [6.45, 7) is 12.2. The molecule has 0 atom stereocenters. The van der Waals surface area contributed by atoms with Crippen LogP contribution in [0.5, 0.6) is 0 Å². The van der Waals surface area contributed by atoms with Crippen LogP contribution < -0.4 is 0 Å². The minimum absolute atomic E-state index is 0.193. The van der Waals surface area contributed by atoms with Gasteiger partial charge in [-0.15, -0.1) is 0 Å². The maximum absolute atomic E-state index is 10.8. The van der Waals surface area contributed by atoms with Gasteiger partial charge >= 0.3 is 0 Å². The van der Waals surface area contributed by atoms with Crippen molar-refractivity contribution in [3.8, 4) is 0 Å². The van der Waals surface area contributed by atoms with Gasteiger partial charge in [-0.1, -0.05) is 45.0 Å². The molecule has 4 heteroatoms. The topological polar surface area (TPSA) is 40.6 Å². The third-order valence-electron chi connectivity index (χ3n) is 5.44. The molecule has 0 aliphatic carbocycles. The fraction of sp³-hybridized carbons (Fsp3) is 0.636. The molecule has 144 valence electrons. The van der Waals surface area contributed by atoms with Crippen LogP contribution in [0.25, 0.3) is 0 Å². The van der Waals surface area contributed by atoms with Crippen molar-refractivity contribution < 1.29 is 9.59 Å². The van der Waals surface area contributed by atoms with Crippen molar-refractivity contribution in [1.29, 1.82) is 0 Å². The largest absolute Gasteiger partial charge is 0.345 e. The van der Waals surface area contributed by atoms with E-state index < -0.39 is 0 Å². The average molecular weight is 359 g/mol. The molecule has 2 fully saturated rings. The molecule has 0 spiro atoms. The van der Waals surface area contributed by atoms with Gasteiger partial charge in [-0.25, -0.2) is 0 Å². The summed E-state index contributed by atoms with van der Waals surface area (Å²) in [5, 5.41) is 0. The number of likely N-dealkylation sites (tertiary alicyclic amines) is 2. The Bertz CT molecular complexity index is 592. The van der Waals surface area contributed by atoms with Crippen LogP contribution in [-0.2, 0) is 15.0 Å². The van der Waals surface area contributed by atoms with E-state index in [1.54, 1.807) is 6.92 Å². The molecule has 2 aliphatic rings. The van der Waals surface area contributed by atoms with E-state index in [9.17, 15) is 9.59 Å². The lowest BCUT2D eigenvalue weighted by Crippen LogP contribution is -2.32. The molecular weight excluding hydrogens is 324 g/mol. The number of carbonyl (C=O) groups excluding carboxylic acids is 2. The van der Waals surface area contributed by atoms with Crippen LogP contribution in [-0.4, -0.2) is 48.3 Å². The molecule has 0 radical (unpaired) electrons. The van der Waals surface area contributed by atoms with Gasteiger partial charge in [0, 0.05) is 33.1 Å². The van der Waals surface area contributed by atoms with Gasteiger partial charge in [-0.2, -0.15) is 0 Å². The molecule has 1 aromatic rings. The number of carbonyl (C=O) groups is 2. The summed E-state index contributed by atoms with van der Waals surface area (Å²) in [6.07, 6.45) is 5.54. The van der Waals surface area contributed by atoms with E-state index in [4.69, 9.17) is 0 Å². The van der Waals surface area contributed by atoms with E-state index in [0.717, 1.165) is 45.4 Å². The zero-order valence-corrected chi connectivity index (χ0v) is 16.8. The first kappa shape index (κ1) is 20.5. The first-order valence-corrected chi connectivity index (χ1v) is 9.87. The van der Waals surface area contributed by atoms with E-state index in [0.29, 0.717) is 5.92 Å². The SMILES string of the molecule is CC(=O)N1CCCC1.CC(C)(C)c1ccccc1C1CCN(C=O)CC1. The number of hydrogen-bond donors (Lipinski definition) is 0. The Morgan fingerprint density at radius 2 is 1.62 bits per heavy atom. The second kappa shape index (κ2) is 9.20. The normalized spacial score (nSPS) is 18.3. The molecule has 26 heavy (non-hydrogen) atoms. The van der Waals surface area contributed by atoms with Gasteiger partial charge in [0.2, 0.25) is 12.3 Å². The standard InChI is InChI=1S/C16H23NO.C6H11NO/c1-16(2,3)15-7-5-4-6-14(15)13-8-10-17(12-18)11-9-13;1-6(8)7-4-2-3-5-7/h4-7,12-13H,8-11H2,1-3H3;2-5H2,1H3. The van der Waals surface area contributed by atoms with E-state index in [1.807, 2.05) is 9.80 Å². The van der Waals surface area contributed by atoms with E-state index >= 15 is 0 Å². The summed E-state index contributed by atoms with van der Waals surface area (Å²) in [5.74, 6) is 0.833. The average Bonchev–Trinajstić information content (AvgIpc) is 3.17. The van der Waals surface area contributed by atoms with Crippen molar-refractivity contribution in [2.75, 3.05) is 26.2 Å². The van der Waals surface area contributed by atoms with Crippen LogP contribution in [0.15, 0.2) is 24.3 Å². The molecule has 0 unspecified atom stereocenters. The lowest BCUT2D eigenvalue weighted by atomic mass is 9.77. The summed E-state index contributed by atoms with van der Waals surface area (Å²) in [6, 6.07) is 8.78. The number of benzene rings is 1. The first-order chi connectivity index (χ1) is 12.3. The van der Waals surface area contributed by atoms with Crippen LogP contribution >= 0.6 is 0 Å². The Labute approximate surface area is 158 Å². The molecule has 2 heterocycles. The molecular formula is C22H34N2O2. The zero-order valence-electron chi connectivity index (χ0n) is 16.8. The number of hydrogen-bond acceptors (Lipinski definition) is 2. The Morgan fingerprint density at radius 3 is 2.08 bits per heavy atom. The quantitative estimate of drug-likeness (QED) is 0.751. The second-order valence-electron chi connectivity index (χ2n) is 8.47. The number of rotatable bonds is 2. The van der Waals surface area contributed by atoms with Crippen molar-refractivity contribution in [2.24, 2.45) is 0 Å². The highest BCUT2D eigenvalue weighted by Crippen LogP contribution is 2.35. The summed E-state index contributed by atoms with van der Waals surface area (Å²) < 4.78 is 0. The maximum atomic E-state index is 10.8. The predicted octanol–water partition coefficient (Wildman–Crippen LogP) is 3.95. The van der Waals surface area contributed by atoms with Gasteiger partial charge in [0.05, 0.1) is 0 Å². The minimum atomic E-state index is 0.193. The Balaban J connectivity index is 0.000000254. The molecule has 0 N–H and O–H groups in total. The summed E-state index contributed by atoms with van der Waals surface area (Å²) >= 11 is 0. The van der Waals surface area contributed by atoms with Crippen LogP contribution in [0.4, 0.5) is 0 Å². The van der Waals surface area contributed by atoms with Gasteiger partial charge in [0.25, 0.3) is 0 Å². The summed E-state index contributed by atoms with van der Waals surface area (Å²) in [4.78, 5) is 25.1. The summed E-state index contributed by atoms with van der Waals surface area (Å²) in [5.41, 5.74) is 3.13. The van der Waals surface area contributed by atoms with Gasteiger partial charge < -0.3 is 9.80 Å². The zero-order chi connectivity index (χ0) is 19.2. The van der Waals surface area contributed by atoms with Crippen molar-refractivity contribution >= 4 is 12.3 Å². The molecule has 0 saturated carbocycles. The number of nitrogens with zero attached hydrogens (tertiary/aromatic N) is 2. The highest BCUT2D eigenvalue weighted by atomic mass is 16.2. The maximum Gasteiger partial charge on any atom is 0.219 e. The van der Waals surface area contributed by atoms with E-state index in [-0.39, 0.29) is 11.3 Å². The van der Waals surface area contributed by atoms with Gasteiger partial charge in [-0.3, -0.25) is 9.59 Å². The van der Waals surface area contributed by atoms with Crippen LogP contribution in [0, 0.1) is 0 Å². The lowest BCUT2D eigenvalue weighted by Gasteiger charge is -2.33. The van der Waals surface area contributed by atoms with Crippen LogP contribution in [0.2, 0.25) is 0 Å². The van der Waals surface area contributed by atoms with Crippen molar-refractivity contribution in [3.63, 3.8) is 0 Å². The number of amides is 2. The van der Waals surface area contributed by atoms with Gasteiger partial charge in [0.15, 0.2) is 0 Å². The van der Waals surface area contributed by atoms with Crippen molar-refractivity contribution in [3.05, 3.63) is 35.4 Å². The third-order valence-corrected chi connectivity index (χ3v) is 5.44. The molecule has 4 nitrogen and oxygen atoms in total. The molecule has 3 rings (SSSR count). The smallest absolute Gasteiger partial charge is 0.219 e. The molecule has 1 aromatic carbocycles. The highest BCUT2D eigenvalue weighted by molar-refractivity contribution is 5.73. The van der Waals surface area contributed by atoms with Crippen molar-refractivity contribution in [2.45, 2.75) is 64.7 Å². The Morgan fingerprint density at radius 1 is 1.04 bits per heavy atom. The molecule has 0 bridgehead atoms. The van der Waals surface area contributed by atoms with Crippen molar-refractivity contribution in [1.82, 2.24) is 9.80 Å². The molecule has 2 amide bonds. The molecule has 2 saturated heterocycles. The van der Waals surface area contributed by atoms with E-state index in [1.165, 1.54) is 24.0 Å². The number of piperidine rings is 1. The third kappa shape index (κ3) is 5.58. The van der Waals surface area contributed by atoms with Crippen LogP contribution in [0.3, 0.4) is 0 Å². The lowest BCUT2D eigenvalue weighted by molar-refractivity contribution is -0.127. The van der Waals surface area contributed by atoms with Gasteiger partial charge in [0.1, 0.15) is 0 Å². The second-order valence-corrected chi connectivity index (χ2v) is 8.47. The minimum Gasteiger partial charge on any atom is -0.345 e. The highest BCUT2D eigenvalue weighted by Gasteiger charge is 2.25. The summed E-state index contributed by atoms with van der Waals surface area (Å²) in [7, 11) is 0. The predicted molar refractivity (Wildman–Crippen MR) is 106 cm³/mol.